The van der Waals surface area contributed by atoms with Crippen LogP contribution in [-0.4, -0.2) is 34.0 Å². The van der Waals surface area contributed by atoms with Crippen LogP contribution in [0.5, 0.6) is 0 Å². The number of rotatable bonds is 7. The second-order valence-corrected chi connectivity index (χ2v) is 5.11. The zero-order valence-electron chi connectivity index (χ0n) is 10.6. The molecule has 0 fully saturated rings. The molecular formula is C12H23N3S. The fourth-order valence-electron chi connectivity index (χ4n) is 1.75. The fraction of sp³-hybridized carbons (Fsp3) is 0.750. The molecule has 1 heterocycles. The molecule has 0 N–H and O–H groups in total. The lowest BCUT2D eigenvalue weighted by molar-refractivity contribution is 0.297. The first-order chi connectivity index (χ1) is 7.61. The number of aryl methyl sites for hydroxylation is 1. The minimum Gasteiger partial charge on any atom is -0.302 e. The monoisotopic (exact) mass is 241 g/mol. The van der Waals surface area contributed by atoms with Gasteiger partial charge in [-0.25, -0.2) is 0 Å². The number of hydrogen-bond acceptors (Lipinski definition) is 3. The van der Waals surface area contributed by atoms with Crippen molar-refractivity contribution in [2.24, 2.45) is 13.0 Å². The molecule has 1 aromatic heterocycles. The van der Waals surface area contributed by atoms with E-state index in [1.54, 1.807) is 0 Å². The summed E-state index contributed by atoms with van der Waals surface area (Å²) in [6.45, 7) is 4.43. The van der Waals surface area contributed by atoms with Crippen LogP contribution in [0.3, 0.4) is 0 Å². The molecule has 1 unspecified atom stereocenters. The highest BCUT2D eigenvalue weighted by Crippen LogP contribution is 2.10. The molecule has 3 nitrogen and oxygen atoms in total. The number of thiol groups is 1. The van der Waals surface area contributed by atoms with E-state index in [1.165, 1.54) is 18.4 Å². The van der Waals surface area contributed by atoms with E-state index in [1.807, 2.05) is 17.9 Å². The highest BCUT2D eigenvalue weighted by Gasteiger charge is 2.05. The van der Waals surface area contributed by atoms with Gasteiger partial charge in [-0.2, -0.15) is 17.7 Å². The van der Waals surface area contributed by atoms with Crippen LogP contribution < -0.4 is 0 Å². The summed E-state index contributed by atoms with van der Waals surface area (Å²) in [7, 11) is 4.12. The molecule has 0 bridgehead atoms. The van der Waals surface area contributed by atoms with Gasteiger partial charge in [0.05, 0.1) is 6.20 Å². The van der Waals surface area contributed by atoms with Crippen LogP contribution in [0.2, 0.25) is 0 Å². The van der Waals surface area contributed by atoms with E-state index in [0.717, 1.165) is 24.8 Å². The Balaban J connectivity index is 2.23. The quantitative estimate of drug-likeness (QED) is 0.739. The third-order valence-electron chi connectivity index (χ3n) is 2.84. The Labute approximate surface area is 104 Å². The molecule has 0 radical (unpaired) electrons. The third-order valence-corrected chi connectivity index (χ3v) is 3.09. The number of hydrogen-bond donors (Lipinski definition) is 1. The van der Waals surface area contributed by atoms with Crippen molar-refractivity contribution in [3.8, 4) is 0 Å². The van der Waals surface area contributed by atoms with Crippen molar-refractivity contribution in [2.45, 2.75) is 26.3 Å². The molecule has 0 aliphatic carbocycles. The van der Waals surface area contributed by atoms with E-state index in [-0.39, 0.29) is 0 Å². The van der Waals surface area contributed by atoms with Gasteiger partial charge in [0.2, 0.25) is 0 Å². The Kier molecular flexibility index (Phi) is 5.91. The Morgan fingerprint density at radius 3 is 2.81 bits per heavy atom. The molecular weight excluding hydrogens is 218 g/mol. The molecule has 0 saturated carbocycles. The topological polar surface area (TPSA) is 21.1 Å². The molecule has 1 rings (SSSR count). The smallest absolute Gasteiger partial charge is 0.0534 e. The second-order valence-electron chi connectivity index (χ2n) is 4.67. The molecule has 92 valence electrons. The highest BCUT2D eigenvalue weighted by molar-refractivity contribution is 7.80. The lowest BCUT2D eigenvalue weighted by Gasteiger charge is -2.18. The van der Waals surface area contributed by atoms with Crippen molar-refractivity contribution >= 4 is 12.6 Å². The van der Waals surface area contributed by atoms with Crippen LogP contribution in [0.25, 0.3) is 0 Å². The maximum atomic E-state index is 4.26. The van der Waals surface area contributed by atoms with Gasteiger partial charge in [-0.1, -0.05) is 6.92 Å². The van der Waals surface area contributed by atoms with Gasteiger partial charge >= 0.3 is 0 Å². The van der Waals surface area contributed by atoms with Crippen molar-refractivity contribution in [1.29, 1.82) is 0 Å². The van der Waals surface area contributed by atoms with E-state index in [9.17, 15) is 0 Å². The molecule has 0 spiro atoms. The van der Waals surface area contributed by atoms with Crippen LogP contribution in [0.15, 0.2) is 12.4 Å². The van der Waals surface area contributed by atoms with Gasteiger partial charge in [0.25, 0.3) is 0 Å². The van der Waals surface area contributed by atoms with Gasteiger partial charge in [0, 0.05) is 25.4 Å². The Morgan fingerprint density at radius 1 is 1.50 bits per heavy atom. The summed E-state index contributed by atoms with van der Waals surface area (Å²) in [4.78, 5) is 2.35. The largest absolute Gasteiger partial charge is 0.302 e. The number of nitrogens with zero attached hydrogens (tertiary/aromatic N) is 3. The first-order valence-corrected chi connectivity index (χ1v) is 6.52. The molecule has 0 aliphatic heterocycles. The van der Waals surface area contributed by atoms with Crippen LogP contribution in [0.1, 0.15) is 25.3 Å². The van der Waals surface area contributed by atoms with Crippen LogP contribution in [0.4, 0.5) is 0 Å². The Bertz CT molecular complexity index is 298. The lowest BCUT2D eigenvalue weighted by atomic mass is 10.1. The highest BCUT2D eigenvalue weighted by atomic mass is 32.1. The van der Waals surface area contributed by atoms with E-state index >= 15 is 0 Å². The van der Waals surface area contributed by atoms with E-state index in [4.69, 9.17) is 0 Å². The average molecular weight is 241 g/mol. The molecule has 4 heteroatoms. The average Bonchev–Trinajstić information content (AvgIpc) is 2.61. The molecule has 0 amide bonds. The normalized spacial score (nSPS) is 13.3. The Hall–Kier alpha value is -0.480. The van der Waals surface area contributed by atoms with Crippen LogP contribution in [0, 0.1) is 5.92 Å². The minimum absolute atomic E-state index is 0.772. The lowest BCUT2D eigenvalue weighted by Crippen LogP contribution is -2.20. The van der Waals surface area contributed by atoms with Crippen molar-refractivity contribution in [2.75, 3.05) is 19.3 Å². The summed E-state index contributed by atoms with van der Waals surface area (Å²) >= 11 is 4.26. The number of aromatic nitrogens is 2. The third kappa shape index (κ3) is 5.03. The standard InChI is InChI=1S/C12H23N3S/c1-11(5-7-16)4-6-14(2)9-12-8-13-15(3)10-12/h8,10-11,16H,4-7,9H2,1-3H3. The summed E-state index contributed by atoms with van der Waals surface area (Å²) in [5.74, 6) is 1.77. The molecule has 16 heavy (non-hydrogen) atoms. The zero-order valence-corrected chi connectivity index (χ0v) is 11.5. The van der Waals surface area contributed by atoms with E-state index in [0.29, 0.717) is 0 Å². The fourth-order valence-corrected chi connectivity index (χ4v) is 2.19. The predicted octanol–water partition coefficient (Wildman–Crippen LogP) is 2.20. The van der Waals surface area contributed by atoms with Crippen LogP contribution in [-0.2, 0) is 13.6 Å². The minimum atomic E-state index is 0.772. The summed E-state index contributed by atoms with van der Waals surface area (Å²) in [5, 5.41) is 4.17. The first kappa shape index (κ1) is 13.6. The maximum absolute atomic E-state index is 4.26. The van der Waals surface area contributed by atoms with Crippen molar-refractivity contribution < 1.29 is 0 Å². The van der Waals surface area contributed by atoms with Crippen LogP contribution >= 0.6 is 12.6 Å². The predicted molar refractivity (Wildman–Crippen MR) is 71.8 cm³/mol. The summed E-state index contributed by atoms with van der Waals surface area (Å²) in [5.41, 5.74) is 1.28. The summed E-state index contributed by atoms with van der Waals surface area (Å²) in [6.07, 6.45) is 6.47. The van der Waals surface area contributed by atoms with E-state index in [2.05, 4.69) is 42.8 Å². The SMILES string of the molecule is CC(CCS)CCN(C)Cc1cnn(C)c1. The summed E-state index contributed by atoms with van der Waals surface area (Å²) < 4.78 is 1.85. The van der Waals surface area contributed by atoms with Gasteiger partial charge in [0.15, 0.2) is 0 Å². The van der Waals surface area contributed by atoms with Crippen molar-refractivity contribution in [3.63, 3.8) is 0 Å². The zero-order chi connectivity index (χ0) is 12.0. The Morgan fingerprint density at radius 2 is 2.25 bits per heavy atom. The van der Waals surface area contributed by atoms with E-state index < -0.39 is 0 Å². The van der Waals surface area contributed by atoms with Gasteiger partial charge in [-0.3, -0.25) is 4.68 Å². The van der Waals surface area contributed by atoms with Gasteiger partial charge in [0.1, 0.15) is 0 Å². The molecule has 1 atom stereocenters. The molecule has 0 saturated heterocycles. The summed E-state index contributed by atoms with van der Waals surface area (Å²) in [6, 6.07) is 0. The first-order valence-electron chi connectivity index (χ1n) is 5.88. The van der Waals surface area contributed by atoms with Gasteiger partial charge in [-0.15, -0.1) is 0 Å². The molecule has 0 aromatic carbocycles. The second kappa shape index (κ2) is 6.97. The van der Waals surface area contributed by atoms with Crippen molar-refractivity contribution in [3.05, 3.63) is 18.0 Å². The van der Waals surface area contributed by atoms with Crippen molar-refractivity contribution in [1.82, 2.24) is 14.7 Å². The van der Waals surface area contributed by atoms with Gasteiger partial charge in [-0.05, 0) is 38.1 Å². The maximum Gasteiger partial charge on any atom is 0.0534 e. The molecule has 1 aromatic rings. The molecule has 0 aliphatic rings. The van der Waals surface area contributed by atoms with Gasteiger partial charge < -0.3 is 4.90 Å².